The van der Waals surface area contributed by atoms with Gasteiger partial charge in [-0.05, 0) is 6.92 Å². The number of rotatable bonds is 1. The minimum atomic E-state index is -0.963. The van der Waals surface area contributed by atoms with Crippen molar-refractivity contribution < 1.29 is 62.7 Å². The zero-order chi connectivity index (χ0) is 5.15. The van der Waals surface area contributed by atoms with Crippen molar-refractivity contribution in [3.8, 4) is 0 Å². The van der Waals surface area contributed by atoms with E-state index >= 15 is 0 Å². The van der Waals surface area contributed by atoms with E-state index in [1.807, 2.05) is 0 Å². The Hall–Kier alpha value is 1.07. The Bertz CT molecular complexity index is 68.3. The van der Waals surface area contributed by atoms with Gasteiger partial charge in [-0.2, -0.15) is 0 Å². The van der Waals surface area contributed by atoms with Crippen LogP contribution >= 0.6 is 0 Å². The van der Waals surface area contributed by atoms with Crippen LogP contribution in [0.5, 0.6) is 0 Å². The van der Waals surface area contributed by atoms with Gasteiger partial charge in [-0.25, -0.2) is 0 Å². The van der Waals surface area contributed by atoms with E-state index in [-0.39, 0.29) is 52.8 Å². The zero-order valence-electron chi connectivity index (χ0n) is 5.51. The molecule has 0 radical (unpaired) electrons. The smallest absolute Gasteiger partial charge is 1.00 e. The molecule has 0 aromatic rings. The second-order valence-corrected chi connectivity index (χ2v) is 1.13. The van der Waals surface area contributed by atoms with Crippen molar-refractivity contribution in [1.29, 1.82) is 0 Å². The quantitative estimate of drug-likeness (QED) is 0.362. The topological polar surface area (TPSA) is 63.3 Å². The zero-order valence-corrected chi connectivity index (χ0v) is 7.63. The van der Waals surface area contributed by atoms with Crippen LogP contribution in [0.2, 0.25) is 0 Å². The van der Waals surface area contributed by atoms with Crippen LogP contribution < -0.4 is 57.1 Å². The summed E-state index contributed by atoms with van der Waals surface area (Å²) in [5.41, 5.74) is 4.84. The van der Waals surface area contributed by atoms with Gasteiger partial charge >= 0.3 is 57.4 Å². The maximum absolute atomic E-state index is 9.57. The molecule has 0 aliphatic rings. The molecule has 0 heterocycles. The minimum absolute atomic E-state index is 0. The Balaban J connectivity index is -0.000000125. The van der Waals surface area contributed by atoms with Crippen molar-refractivity contribution in [2.75, 3.05) is 0 Å². The number of hydrogen-bond donors (Lipinski definition) is 2. The largest absolute Gasteiger partial charge is 1.00 e. The molecule has 0 saturated carbocycles. The molecule has 0 bridgehead atoms. The first-order chi connectivity index (χ1) is 2.64. The molecule has 0 fully saturated rings. The molecule has 0 aromatic carbocycles. The molecule has 0 unspecified atom stereocenters. The molecule has 0 amide bonds. The van der Waals surface area contributed by atoms with Gasteiger partial charge in [0.1, 0.15) is 6.04 Å². The first-order valence-electron chi connectivity index (χ1n) is 1.63. The van der Waals surface area contributed by atoms with Gasteiger partial charge in [0.25, 0.3) is 0 Å². The third kappa shape index (κ3) is 7.07. The minimum Gasteiger partial charge on any atom is -1.00 e. The van der Waals surface area contributed by atoms with Crippen molar-refractivity contribution in [2.45, 2.75) is 13.0 Å². The van der Waals surface area contributed by atoms with E-state index in [0.29, 0.717) is 0 Å². The summed E-state index contributed by atoms with van der Waals surface area (Å²) in [4.78, 5) is 9.57. The normalized spacial score (nSPS) is 11.7. The van der Waals surface area contributed by atoms with Crippen LogP contribution in [0.4, 0.5) is 0 Å². The summed E-state index contributed by atoms with van der Waals surface area (Å²) in [5.74, 6) is -0.963. The average molecular weight is 129 g/mol. The van der Waals surface area contributed by atoms with Gasteiger partial charge in [0, 0.05) is 0 Å². The van der Waals surface area contributed by atoms with Crippen molar-refractivity contribution in [3.05, 3.63) is 0 Å². The van der Waals surface area contributed by atoms with Crippen LogP contribution in [0.25, 0.3) is 0 Å². The molecule has 4 heteroatoms. The van der Waals surface area contributed by atoms with Crippen molar-refractivity contribution in [1.82, 2.24) is 0 Å². The van der Waals surface area contributed by atoms with E-state index in [2.05, 4.69) is 0 Å². The van der Waals surface area contributed by atoms with Crippen LogP contribution in [-0.4, -0.2) is 17.1 Å². The summed E-state index contributed by atoms with van der Waals surface area (Å²) in [6.45, 7) is 1.42. The molecule has 0 saturated heterocycles. The first-order valence-corrected chi connectivity index (χ1v) is 1.63. The van der Waals surface area contributed by atoms with E-state index in [1.54, 1.807) is 0 Å². The van der Waals surface area contributed by atoms with Crippen molar-refractivity contribution in [3.63, 3.8) is 0 Å². The second kappa shape index (κ2) is 5.21. The summed E-state index contributed by atoms with van der Waals surface area (Å²) in [6.07, 6.45) is 0. The average Bonchev–Trinajstić information content (AvgIpc) is 1.36. The second-order valence-electron chi connectivity index (χ2n) is 1.13. The van der Waals surface area contributed by atoms with Crippen LogP contribution in [-0.2, 0) is 4.79 Å². The Morgan fingerprint density at radius 1 is 2.00 bits per heavy atom. The Labute approximate surface area is 86.2 Å². The summed E-state index contributed by atoms with van der Waals surface area (Å²) < 4.78 is 0. The number of aliphatic carboxylic acids is 1. The van der Waals surface area contributed by atoms with Gasteiger partial charge in [-0.3, -0.25) is 4.79 Å². The van der Waals surface area contributed by atoms with Crippen LogP contribution in [0.15, 0.2) is 0 Å². The summed E-state index contributed by atoms with van der Waals surface area (Å²) >= 11 is 0. The molecule has 7 heavy (non-hydrogen) atoms. The number of carboxylic acids is 1. The predicted molar refractivity (Wildman–Crippen MR) is 22.4 cm³/mol. The molecular weight excluding hydrogens is 121 g/mol. The van der Waals surface area contributed by atoms with Gasteiger partial charge in [0.15, 0.2) is 0 Å². The van der Waals surface area contributed by atoms with Gasteiger partial charge in [-0.15, -0.1) is 0 Å². The monoisotopic (exact) mass is 129 g/mol. The van der Waals surface area contributed by atoms with Gasteiger partial charge in [0.2, 0.25) is 0 Å². The molecule has 3 N–H and O–H groups in total. The molecule has 0 aliphatic carbocycles. The fraction of sp³-hybridized carbons (Fsp3) is 0.667. The maximum atomic E-state index is 9.57. The van der Waals surface area contributed by atoms with E-state index in [4.69, 9.17) is 10.8 Å². The van der Waals surface area contributed by atoms with Gasteiger partial charge in [0.05, 0.1) is 0 Å². The van der Waals surface area contributed by atoms with Gasteiger partial charge in [-0.1, -0.05) is 0 Å². The Kier molecular flexibility index (Phi) is 8.14. The van der Waals surface area contributed by atoms with Crippen LogP contribution in [0.3, 0.4) is 0 Å². The van der Waals surface area contributed by atoms with Gasteiger partial charge < -0.3 is 12.3 Å². The first kappa shape index (κ1) is 10.9. The summed E-state index contributed by atoms with van der Waals surface area (Å²) in [7, 11) is 0. The maximum Gasteiger partial charge on any atom is 1.00 e. The molecule has 38 valence electrons. The number of carboxylic acid groups (broad SMARTS) is 1. The van der Waals surface area contributed by atoms with Crippen molar-refractivity contribution in [2.24, 2.45) is 5.73 Å². The third-order valence-corrected chi connectivity index (χ3v) is 0.390. The molecular formula is C3H8KNO2. The molecule has 3 nitrogen and oxygen atoms in total. The van der Waals surface area contributed by atoms with Crippen molar-refractivity contribution >= 4 is 5.97 Å². The molecule has 0 spiro atoms. The van der Waals surface area contributed by atoms with Crippen LogP contribution in [0, 0.1) is 0 Å². The standard InChI is InChI=1S/C3H7NO2.K.H/c1-2(4)3(5)6;;/h2H,4H2,1H3,(H,5,6);;/q;+1;-1/t2-;;/m0../s1. The third-order valence-electron chi connectivity index (χ3n) is 0.390. The Morgan fingerprint density at radius 2 is 2.14 bits per heavy atom. The Morgan fingerprint density at radius 3 is 2.14 bits per heavy atom. The number of carbonyl (C=O) groups is 1. The SMILES string of the molecule is C[C@H](N)C(=O)O.[H-].[K+]. The summed E-state index contributed by atoms with van der Waals surface area (Å²) in [5, 5.41) is 7.87. The van der Waals surface area contributed by atoms with E-state index in [9.17, 15) is 4.79 Å². The molecule has 0 rings (SSSR count). The number of hydrogen-bond acceptors (Lipinski definition) is 2. The molecule has 0 aromatic heterocycles. The van der Waals surface area contributed by atoms with Crippen LogP contribution in [0.1, 0.15) is 8.35 Å². The number of nitrogens with two attached hydrogens (primary N) is 1. The predicted octanol–water partition coefficient (Wildman–Crippen LogP) is -3.47. The van der Waals surface area contributed by atoms with E-state index in [0.717, 1.165) is 0 Å². The fourth-order valence-electron chi connectivity index (χ4n) is 0. The van der Waals surface area contributed by atoms with E-state index < -0.39 is 12.0 Å². The summed E-state index contributed by atoms with van der Waals surface area (Å²) in [6, 6.07) is -0.731. The molecule has 1 atom stereocenters. The fourth-order valence-corrected chi connectivity index (χ4v) is 0. The molecule has 0 aliphatic heterocycles. The van der Waals surface area contributed by atoms with E-state index in [1.165, 1.54) is 6.92 Å².